The van der Waals surface area contributed by atoms with Crippen LogP contribution in [0, 0.1) is 0 Å². The molecule has 5 heteroatoms. The second-order valence-corrected chi connectivity index (χ2v) is 22.4. The molecule has 0 bridgehead atoms. The van der Waals surface area contributed by atoms with Crippen molar-refractivity contribution in [2.75, 3.05) is 9.71 Å². The SMILES string of the molecule is CC(C)(C)c1ccc(N2c3cc(C(C)(C)C)ccc3B3c4c(cc(C(C)(C)C)cc42)-c2c4c(cc5c6ccccc6n(-c6ccccc6)c25)Oc2cc(C(C)(C)C)ccc2N34)cc1. The molecule has 4 nitrogen and oxygen atoms in total. The van der Waals surface area contributed by atoms with Crippen LogP contribution in [0.2, 0.25) is 0 Å². The number of anilines is 5. The van der Waals surface area contributed by atoms with Gasteiger partial charge in [-0.25, -0.2) is 0 Å². The lowest BCUT2D eigenvalue weighted by Gasteiger charge is -2.48. The average molecular weight is 824 g/mol. The van der Waals surface area contributed by atoms with Gasteiger partial charge in [-0.1, -0.05) is 156 Å². The summed E-state index contributed by atoms with van der Waals surface area (Å²) in [6, 6.07) is 50.8. The minimum absolute atomic E-state index is 0.0364. The second kappa shape index (κ2) is 13.2. The standard InChI is InChI=1S/C58H58BN3O/c1-55(2,3)35-22-26-40(27-23-35)60-47-31-36(56(4,5)6)24-28-44(47)59-52-43(30-38(32-48(52)60)58(10,11)12)51-53-42(41-20-16-17-21-45(41)61(53)39-18-14-13-15-19-39)34-50-54(51)62(59)46-29-25-37(57(7,8)9)33-49(46)63-50/h13-34H,1-12H3. The lowest BCUT2D eigenvalue weighted by molar-refractivity contribution is 0.475. The van der Waals surface area contributed by atoms with Crippen molar-refractivity contribution in [2.45, 2.75) is 105 Å². The number of hydrogen-bond donors (Lipinski definition) is 0. The highest BCUT2D eigenvalue weighted by Gasteiger charge is 2.50. The highest BCUT2D eigenvalue weighted by molar-refractivity contribution is 6.94. The predicted molar refractivity (Wildman–Crippen MR) is 269 cm³/mol. The minimum Gasteiger partial charge on any atom is -0.453 e. The molecular formula is C58H58BN3O. The van der Waals surface area contributed by atoms with E-state index in [1.54, 1.807) is 0 Å². The van der Waals surface area contributed by atoms with E-state index in [0.717, 1.165) is 28.6 Å². The first-order chi connectivity index (χ1) is 29.8. The molecule has 0 N–H and O–H groups in total. The van der Waals surface area contributed by atoms with Crippen LogP contribution in [0.3, 0.4) is 0 Å². The van der Waals surface area contributed by atoms with Gasteiger partial charge in [0, 0.05) is 39.1 Å². The van der Waals surface area contributed by atoms with Crippen molar-refractivity contribution >= 4 is 68.0 Å². The Morgan fingerprint density at radius 1 is 0.460 bits per heavy atom. The van der Waals surface area contributed by atoms with E-state index in [1.165, 1.54) is 83.2 Å². The second-order valence-electron chi connectivity index (χ2n) is 22.4. The van der Waals surface area contributed by atoms with Crippen LogP contribution in [-0.2, 0) is 21.7 Å². The van der Waals surface area contributed by atoms with Gasteiger partial charge in [-0.3, -0.25) is 0 Å². The van der Waals surface area contributed by atoms with E-state index < -0.39 is 0 Å². The van der Waals surface area contributed by atoms with E-state index in [0.29, 0.717) is 0 Å². The van der Waals surface area contributed by atoms with Crippen molar-refractivity contribution in [1.29, 1.82) is 0 Å². The summed E-state index contributed by atoms with van der Waals surface area (Å²) < 4.78 is 9.81. The van der Waals surface area contributed by atoms with Crippen LogP contribution in [-0.4, -0.2) is 11.4 Å². The van der Waals surface area contributed by atoms with E-state index in [-0.39, 0.29) is 28.5 Å². The molecular weight excluding hydrogens is 765 g/mol. The Bertz CT molecular complexity index is 3180. The van der Waals surface area contributed by atoms with Gasteiger partial charge < -0.3 is 19.0 Å². The van der Waals surface area contributed by atoms with E-state index in [2.05, 4.69) is 231 Å². The maximum absolute atomic E-state index is 7.31. The fourth-order valence-corrected chi connectivity index (χ4v) is 10.4. The Balaban J connectivity index is 1.34. The van der Waals surface area contributed by atoms with E-state index in [4.69, 9.17) is 4.74 Å². The first-order valence-corrected chi connectivity index (χ1v) is 22.8. The average Bonchev–Trinajstić information content (AvgIpc) is 3.56. The highest BCUT2D eigenvalue weighted by Crippen LogP contribution is 2.59. The molecule has 0 atom stereocenters. The molecule has 3 aliphatic rings. The van der Waals surface area contributed by atoms with Gasteiger partial charge in [0.25, 0.3) is 0 Å². The summed E-state index contributed by atoms with van der Waals surface area (Å²) in [5.41, 5.74) is 19.4. The smallest absolute Gasteiger partial charge is 0.333 e. The molecule has 0 radical (unpaired) electrons. The lowest BCUT2D eigenvalue weighted by atomic mass is 9.43. The monoisotopic (exact) mass is 823 g/mol. The molecule has 0 aliphatic carbocycles. The zero-order chi connectivity index (χ0) is 44.1. The van der Waals surface area contributed by atoms with Crippen LogP contribution in [0.25, 0.3) is 38.6 Å². The molecule has 0 fully saturated rings. The number of benzene rings is 7. The molecule has 0 saturated heterocycles. The number of rotatable bonds is 2. The summed E-state index contributed by atoms with van der Waals surface area (Å²) in [5, 5.41) is 2.40. The van der Waals surface area contributed by atoms with Crippen molar-refractivity contribution in [2.24, 2.45) is 0 Å². The maximum Gasteiger partial charge on any atom is 0.333 e. The van der Waals surface area contributed by atoms with Crippen LogP contribution < -0.4 is 25.4 Å². The van der Waals surface area contributed by atoms with E-state index in [9.17, 15) is 0 Å². The molecule has 3 aliphatic heterocycles. The summed E-state index contributed by atoms with van der Waals surface area (Å²) in [5.74, 6) is 1.80. The van der Waals surface area contributed by atoms with Crippen LogP contribution >= 0.6 is 0 Å². The van der Waals surface area contributed by atoms with Crippen molar-refractivity contribution in [3.05, 3.63) is 156 Å². The van der Waals surface area contributed by atoms with Gasteiger partial charge in [-0.05, 0) is 121 Å². The first-order valence-electron chi connectivity index (χ1n) is 22.8. The zero-order valence-electron chi connectivity index (χ0n) is 39.0. The summed E-state index contributed by atoms with van der Waals surface area (Å²) in [6.07, 6.45) is 0. The van der Waals surface area contributed by atoms with Gasteiger partial charge in [0.2, 0.25) is 0 Å². The third-order valence-corrected chi connectivity index (χ3v) is 13.9. The Morgan fingerprint density at radius 3 is 1.75 bits per heavy atom. The fourth-order valence-electron chi connectivity index (χ4n) is 10.4. The van der Waals surface area contributed by atoms with Gasteiger partial charge in [-0.2, -0.15) is 0 Å². The van der Waals surface area contributed by atoms with Crippen LogP contribution in [0.1, 0.15) is 105 Å². The van der Waals surface area contributed by atoms with Gasteiger partial charge in [0.05, 0.1) is 22.4 Å². The Hall–Kier alpha value is -6.20. The highest BCUT2D eigenvalue weighted by atomic mass is 16.5. The van der Waals surface area contributed by atoms with Crippen molar-refractivity contribution in [1.82, 2.24) is 4.57 Å². The third-order valence-electron chi connectivity index (χ3n) is 13.9. The number of aromatic nitrogens is 1. The van der Waals surface area contributed by atoms with Gasteiger partial charge in [0.1, 0.15) is 5.75 Å². The fraction of sp³-hybridized carbons (Fsp3) is 0.276. The van der Waals surface area contributed by atoms with Crippen molar-refractivity contribution < 1.29 is 4.74 Å². The molecule has 1 aromatic heterocycles. The largest absolute Gasteiger partial charge is 0.453 e. The quantitative estimate of drug-likeness (QED) is 0.162. The summed E-state index contributed by atoms with van der Waals surface area (Å²) in [6.45, 7) is 27.7. The normalized spacial score (nSPS) is 14.4. The summed E-state index contributed by atoms with van der Waals surface area (Å²) >= 11 is 0. The van der Waals surface area contributed by atoms with Gasteiger partial charge >= 0.3 is 6.85 Å². The maximum atomic E-state index is 7.31. The number of para-hydroxylation sites is 2. The molecule has 11 rings (SSSR count). The van der Waals surface area contributed by atoms with Crippen LogP contribution in [0.15, 0.2) is 133 Å². The molecule has 314 valence electrons. The number of nitrogens with zero attached hydrogens (tertiary/aromatic N) is 3. The topological polar surface area (TPSA) is 20.6 Å². The van der Waals surface area contributed by atoms with Crippen LogP contribution in [0.4, 0.5) is 28.4 Å². The lowest BCUT2D eigenvalue weighted by Crippen LogP contribution is -2.62. The van der Waals surface area contributed by atoms with Crippen LogP contribution in [0.5, 0.6) is 11.5 Å². The van der Waals surface area contributed by atoms with Gasteiger partial charge in [-0.15, -0.1) is 0 Å². The predicted octanol–water partition coefficient (Wildman–Crippen LogP) is 14.8. The molecule has 63 heavy (non-hydrogen) atoms. The molecule has 0 spiro atoms. The molecule has 0 amide bonds. The molecule has 7 aromatic carbocycles. The molecule has 0 saturated carbocycles. The molecule has 8 aromatic rings. The minimum atomic E-state index is -0.139. The van der Waals surface area contributed by atoms with Crippen molar-refractivity contribution in [3.63, 3.8) is 0 Å². The summed E-state index contributed by atoms with van der Waals surface area (Å²) in [4.78, 5) is 5.24. The molecule has 0 unspecified atom stereocenters. The van der Waals surface area contributed by atoms with E-state index in [1.807, 2.05) is 0 Å². The Labute approximate surface area is 374 Å². The summed E-state index contributed by atoms with van der Waals surface area (Å²) in [7, 11) is 0. The number of fused-ring (bicyclic) bond motifs is 10. The Morgan fingerprint density at radius 2 is 1.06 bits per heavy atom. The number of hydrogen-bond acceptors (Lipinski definition) is 3. The number of ether oxygens (including phenoxy) is 1. The van der Waals surface area contributed by atoms with E-state index >= 15 is 0 Å². The zero-order valence-corrected chi connectivity index (χ0v) is 39.0. The molecule has 4 heterocycles. The Kier molecular flexibility index (Phi) is 8.29. The van der Waals surface area contributed by atoms with Crippen molar-refractivity contribution in [3.8, 4) is 28.3 Å². The third kappa shape index (κ3) is 5.95. The first kappa shape index (κ1) is 39.6. The van der Waals surface area contributed by atoms with Gasteiger partial charge in [0.15, 0.2) is 5.75 Å².